The summed E-state index contributed by atoms with van der Waals surface area (Å²) < 4.78 is 9.08. The van der Waals surface area contributed by atoms with Crippen LogP contribution in [0.25, 0.3) is 97.7 Å². The van der Waals surface area contributed by atoms with Crippen LogP contribution in [0.5, 0.6) is 0 Å². The number of furan rings is 1. The molecule has 0 amide bonds. The molecule has 0 spiro atoms. The summed E-state index contributed by atoms with van der Waals surface area (Å²) in [6.45, 7) is 7.74. The molecule has 3 nitrogen and oxygen atoms in total. The Balaban J connectivity index is 1.29. The Labute approximate surface area is 263 Å². The van der Waals surface area contributed by atoms with Crippen LogP contribution in [-0.2, 0) is 0 Å². The van der Waals surface area contributed by atoms with E-state index in [1.165, 1.54) is 32.3 Å². The Bertz CT molecular complexity index is 2930. The first-order valence-electron chi connectivity index (χ1n) is 15.5. The molecule has 46 heavy (non-hydrogen) atoms. The van der Waals surface area contributed by atoms with Crippen molar-refractivity contribution in [2.75, 3.05) is 0 Å². The molecule has 212 valence electrons. The predicted octanol–water partition coefficient (Wildman–Crippen LogP) is 12.4. The lowest BCUT2D eigenvalue weighted by atomic mass is 9.95. The Hall–Kier alpha value is -6.37. The summed E-state index contributed by atoms with van der Waals surface area (Å²) in [5.74, 6) is 0. The van der Waals surface area contributed by atoms with E-state index in [0.29, 0.717) is 5.69 Å². The minimum absolute atomic E-state index is 0.632. The monoisotopic (exact) mass is 584 g/mol. The number of fused-ring (bicyclic) bond motifs is 10. The van der Waals surface area contributed by atoms with Crippen molar-refractivity contribution in [2.24, 2.45) is 0 Å². The molecule has 0 radical (unpaired) electrons. The van der Waals surface area contributed by atoms with Gasteiger partial charge in [0.05, 0.1) is 17.6 Å². The second-order valence-electron chi connectivity index (χ2n) is 12.1. The molecule has 10 rings (SSSR count). The fourth-order valence-corrected chi connectivity index (χ4v) is 7.37. The van der Waals surface area contributed by atoms with Gasteiger partial charge in [0.25, 0.3) is 0 Å². The Kier molecular flexibility index (Phi) is 5.06. The van der Waals surface area contributed by atoms with Crippen LogP contribution in [0.4, 0.5) is 5.69 Å². The van der Waals surface area contributed by atoms with Gasteiger partial charge in [-0.15, -0.1) is 0 Å². The van der Waals surface area contributed by atoms with E-state index in [2.05, 4.69) is 143 Å². The van der Waals surface area contributed by atoms with E-state index in [0.717, 1.165) is 60.6 Å². The highest BCUT2D eigenvalue weighted by Crippen LogP contribution is 2.44. The first-order valence-corrected chi connectivity index (χ1v) is 15.5. The van der Waals surface area contributed by atoms with Gasteiger partial charge in [-0.25, -0.2) is 4.85 Å². The second-order valence-corrected chi connectivity index (χ2v) is 12.1. The molecule has 0 fully saturated rings. The summed E-state index contributed by atoms with van der Waals surface area (Å²) in [6, 6.07) is 51.5. The van der Waals surface area contributed by atoms with Crippen LogP contribution in [-0.4, -0.2) is 4.57 Å². The second kappa shape index (κ2) is 9.32. The Morgan fingerprint density at radius 1 is 0.500 bits per heavy atom. The predicted molar refractivity (Wildman–Crippen MR) is 192 cm³/mol. The van der Waals surface area contributed by atoms with Gasteiger partial charge in [-0.05, 0) is 97.9 Å². The van der Waals surface area contributed by atoms with Gasteiger partial charge in [-0.2, -0.15) is 0 Å². The van der Waals surface area contributed by atoms with E-state index in [1.54, 1.807) is 0 Å². The zero-order valence-corrected chi connectivity index (χ0v) is 24.7. The summed E-state index contributed by atoms with van der Waals surface area (Å²) >= 11 is 0. The van der Waals surface area contributed by atoms with E-state index in [-0.39, 0.29) is 0 Å². The average molecular weight is 585 g/mol. The fraction of sp³-hybridized carbons (Fsp3) is 0. The molecule has 0 unspecified atom stereocenters. The minimum atomic E-state index is 0.632. The highest BCUT2D eigenvalue weighted by Gasteiger charge is 2.19. The number of hydrogen-bond acceptors (Lipinski definition) is 1. The van der Waals surface area contributed by atoms with E-state index in [1.807, 2.05) is 12.1 Å². The molecule has 0 aliphatic carbocycles. The van der Waals surface area contributed by atoms with Crippen LogP contribution >= 0.6 is 0 Å². The van der Waals surface area contributed by atoms with Crippen molar-refractivity contribution in [3.8, 4) is 16.8 Å². The number of nitrogens with zero attached hydrogens (tertiary/aromatic N) is 2. The van der Waals surface area contributed by atoms with Gasteiger partial charge in [0.2, 0.25) is 0 Å². The molecule has 0 saturated heterocycles. The van der Waals surface area contributed by atoms with Gasteiger partial charge in [-0.3, -0.25) is 0 Å². The molecular formula is C43H24N2O. The Morgan fingerprint density at radius 3 is 1.98 bits per heavy atom. The molecule has 0 atom stereocenters. The first kappa shape index (κ1) is 25.0. The van der Waals surface area contributed by atoms with Gasteiger partial charge in [0.1, 0.15) is 11.2 Å². The molecule has 0 saturated carbocycles. The third kappa shape index (κ3) is 3.53. The maximum atomic E-state index is 7.74. The normalized spacial score (nSPS) is 11.9. The molecule has 0 bridgehead atoms. The van der Waals surface area contributed by atoms with Crippen molar-refractivity contribution in [1.82, 2.24) is 4.57 Å². The molecule has 8 aromatic carbocycles. The van der Waals surface area contributed by atoms with Gasteiger partial charge >= 0.3 is 0 Å². The van der Waals surface area contributed by atoms with E-state index < -0.39 is 0 Å². The minimum Gasteiger partial charge on any atom is -0.455 e. The topological polar surface area (TPSA) is 22.4 Å². The van der Waals surface area contributed by atoms with E-state index >= 15 is 0 Å². The van der Waals surface area contributed by atoms with Crippen molar-refractivity contribution in [2.45, 2.75) is 0 Å². The number of benzene rings is 8. The highest BCUT2D eigenvalue weighted by atomic mass is 16.3. The zero-order chi connectivity index (χ0) is 30.4. The van der Waals surface area contributed by atoms with Crippen molar-refractivity contribution < 1.29 is 4.42 Å². The standard InChI is InChI=1S/C43H24N2O/c1-44-32-16-19-40-37(25-32)36-23-31(15-18-39(36)45(40)33-17-14-26-8-2-3-9-27(26)20-33)35-22-30-12-6-7-13-34(30)42-38-21-28-10-4-5-11-29(28)24-41(38)46-43(35)42/h2-25H. The largest absolute Gasteiger partial charge is 0.455 e. The van der Waals surface area contributed by atoms with Gasteiger partial charge in [-0.1, -0.05) is 91.0 Å². The van der Waals surface area contributed by atoms with E-state index in [4.69, 9.17) is 11.0 Å². The molecule has 2 aromatic heterocycles. The smallest absolute Gasteiger partial charge is 0.188 e. The Morgan fingerprint density at radius 2 is 1.17 bits per heavy atom. The van der Waals surface area contributed by atoms with Crippen LogP contribution < -0.4 is 0 Å². The molecule has 0 N–H and O–H groups in total. The lowest BCUT2D eigenvalue weighted by Gasteiger charge is -2.10. The molecule has 3 heteroatoms. The van der Waals surface area contributed by atoms with Crippen molar-refractivity contribution in [1.29, 1.82) is 0 Å². The third-order valence-electron chi connectivity index (χ3n) is 9.51. The van der Waals surface area contributed by atoms with Gasteiger partial charge in [0, 0.05) is 27.4 Å². The summed E-state index contributed by atoms with van der Waals surface area (Å²) in [5.41, 5.74) is 7.83. The molecule has 0 aliphatic rings. The van der Waals surface area contributed by atoms with Crippen LogP contribution in [0.1, 0.15) is 0 Å². The number of aromatic nitrogens is 1. The van der Waals surface area contributed by atoms with E-state index in [9.17, 15) is 0 Å². The van der Waals surface area contributed by atoms with Gasteiger partial charge < -0.3 is 8.98 Å². The maximum absolute atomic E-state index is 7.74. The van der Waals surface area contributed by atoms with Crippen LogP contribution in [0.3, 0.4) is 0 Å². The SMILES string of the molecule is [C-]#[N+]c1ccc2c(c1)c1cc(-c3cc4ccccc4c4c3oc3cc5ccccc5cc34)ccc1n2-c1ccc2ccccc2c1. The average Bonchev–Trinajstić information content (AvgIpc) is 3.65. The van der Waals surface area contributed by atoms with Crippen molar-refractivity contribution in [3.05, 3.63) is 157 Å². The third-order valence-corrected chi connectivity index (χ3v) is 9.51. The molecule has 2 heterocycles. The number of hydrogen-bond donors (Lipinski definition) is 0. The van der Waals surface area contributed by atoms with Crippen LogP contribution in [0, 0.1) is 6.57 Å². The van der Waals surface area contributed by atoms with Crippen LogP contribution in [0.2, 0.25) is 0 Å². The first-order chi connectivity index (χ1) is 22.7. The quantitative estimate of drug-likeness (QED) is 0.185. The lowest BCUT2D eigenvalue weighted by molar-refractivity contribution is 0.671. The summed E-state index contributed by atoms with van der Waals surface area (Å²) in [4.78, 5) is 3.78. The highest BCUT2D eigenvalue weighted by molar-refractivity contribution is 6.24. The maximum Gasteiger partial charge on any atom is 0.188 e. The fourth-order valence-electron chi connectivity index (χ4n) is 7.37. The van der Waals surface area contributed by atoms with Gasteiger partial charge in [0.15, 0.2) is 5.69 Å². The summed E-state index contributed by atoms with van der Waals surface area (Å²) in [6.07, 6.45) is 0. The number of rotatable bonds is 2. The zero-order valence-electron chi connectivity index (χ0n) is 24.7. The van der Waals surface area contributed by atoms with Crippen molar-refractivity contribution in [3.63, 3.8) is 0 Å². The molecule has 10 aromatic rings. The van der Waals surface area contributed by atoms with Crippen LogP contribution in [0.15, 0.2) is 150 Å². The summed E-state index contributed by atoms with van der Waals surface area (Å²) in [7, 11) is 0. The van der Waals surface area contributed by atoms with Crippen molar-refractivity contribution >= 4 is 81.7 Å². The molecule has 0 aliphatic heterocycles. The molecular weight excluding hydrogens is 560 g/mol. The lowest BCUT2D eigenvalue weighted by Crippen LogP contribution is -1.93. The summed E-state index contributed by atoms with van der Waals surface area (Å²) in [5, 5.41) is 11.6.